The van der Waals surface area contributed by atoms with Crippen LogP contribution in [0.4, 0.5) is 0 Å². The van der Waals surface area contributed by atoms with Crippen LogP contribution in [0, 0.1) is 0 Å². The predicted molar refractivity (Wildman–Crippen MR) is 209 cm³/mol. The van der Waals surface area contributed by atoms with Crippen LogP contribution in [-0.4, -0.2) is 24.5 Å². The van der Waals surface area contributed by atoms with Gasteiger partial charge in [0.1, 0.15) is 0 Å². The van der Waals surface area contributed by atoms with Crippen LogP contribution in [0.1, 0.15) is 0 Å². The van der Waals surface area contributed by atoms with Crippen LogP contribution in [0.5, 0.6) is 0 Å². The molecular weight excluding hydrogens is 623 g/mol. The molecule has 3 aromatic heterocycles. The van der Waals surface area contributed by atoms with E-state index in [1.165, 1.54) is 5.39 Å². The van der Waals surface area contributed by atoms with Crippen molar-refractivity contribution in [2.75, 3.05) is 0 Å². The molecule has 0 fully saturated rings. The van der Waals surface area contributed by atoms with Crippen LogP contribution in [0.15, 0.2) is 176 Å². The van der Waals surface area contributed by atoms with Gasteiger partial charge in [-0.3, -0.25) is 0 Å². The van der Waals surface area contributed by atoms with Gasteiger partial charge in [0.05, 0.1) is 22.2 Å². The smallest absolute Gasteiger partial charge is 0.166 e. The average Bonchev–Trinajstić information content (AvgIpc) is 3.56. The normalized spacial score (nSPS) is 11.5. The molecule has 5 nitrogen and oxygen atoms in total. The fourth-order valence-corrected chi connectivity index (χ4v) is 7.36. The summed E-state index contributed by atoms with van der Waals surface area (Å²) in [6.45, 7) is 0. The number of nitrogens with zero attached hydrogens (tertiary/aromatic N) is 5. The Balaban J connectivity index is 1.37. The van der Waals surface area contributed by atoms with Gasteiger partial charge in [-0.2, -0.15) is 0 Å². The molecule has 0 aliphatic rings. The third kappa shape index (κ3) is 4.78. The molecule has 238 valence electrons. The van der Waals surface area contributed by atoms with Crippen LogP contribution < -0.4 is 0 Å². The molecule has 10 aromatic rings. The van der Waals surface area contributed by atoms with E-state index in [4.69, 9.17) is 19.9 Å². The van der Waals surface area contributed by atoms with Gasteiger partial charge in [-0.05, 0) is 35.7 Å². The van der Waals surface area contributed by atoms with Crippen molar-refractivity contribution in [2.24, 2.45) is 0 Å². The Morgan fingerprint density at radius 1 is 0.353 bits per heavy atom. The minimum Gasteiger partial charge on any atom is -0.308 e. The molecule has 0 N–H and O–H groups in total. The van der Waals surface area contributed by atoms with E-state index in [0.29, 0.717) is 17.5 Å². The van der Waals surface area contributed by atoms with Crippen LogP contribution in [0.3, 0.4) is 0 Å². The largest absolute Gasteiger partial charge is 0.308 e. The lowest BCUT2D eigenvalue weighted by molar-refractivity contribution is 1.07. The highest BCUT2D eigenvalue weighted by Crippen LogP contribution is 2.44. The van der Waals surface area contributed by atoms with Crippen molar-refractivity contribution < 1.29 is 0 Å². The third-order valence-corrected chi connectivity index (χ3v) is 9.62. The first-order valence-corrected chi connectivity index (χ1v) is 17.1. The zero-order chi connectivity index (χ0) is 33.7. The van der Waals surface area contributed by atoms with E-state index in [-0.39, 0.29) is 0 Å². The predicted octanol–water partition coefficient (Wildman–Crippen LogP) is 11.3. The van der Waals surface area contributed by atoms with E-state index >= 15 is 0 Å². The highest BCUT2D eigenvalue weighted by molar-refractivity contribution is 6.29. The second-order valence-electron chi connectivity index (χ2n) is 12.6. The van der Waals surface area contributed by atoms with Crippen LogP contribution in [0.2, 0.25) is 0 Å². The van der Waals surface area contributed by atoms with Crippen molar-refractivity contribution in [2.45, 2.75) is 0 Å². The quantitative estimate of drug-likeness (QED) is 0.174. The zero-order valence-corrected chi connectivity index (χ0v) is 27.5. The molecule has 5 heteroatoms. The monoisotopic (exact) mass is 651 g/mol. The summed E-state index contributed by atoms with van der Waals surface area (Å²) in [5.41, 5.74) is 8.99. The summed E-state index contributed by atoms with van der Waals surface area (Å²) in [6, 6.07) is 60.8. The highest BCUT2D eigenvalue weighted by Gasteiger charge is 2.23. The van der Waals surface area contributed by atoms with Gasteiger partial charge in [-0.15, -0.1) is 0 Å². The first-order valence-electron chi connectivity index (χ1n) is 17.1. The molecule has 0 bridgehead atoms. The zero-order valence-electron chi connectivity index (χ0n) is 27.5. The van der Waals surface area contributed by atoms with Gasteiger partial charge in [0.15, 0.2) is 17.5 Å². The Kier molecular flexibility index (Phi) is 6.74. The van der Waals surface area contributed by atoms with Gasteiger partial charge in [0.2, 0.25) is 0 Å². The van der Waals surface area contributed by atoms with Crippen LogP contribution in [-0.2, 0) is 0 Å². The van der Waals surface area contributed by atoms with Gasteiger partial charge in [0, 0.05) is 49.5 Å². The van der Waals surface area contributed by atoms with Gasteiger partial charge >= 0.3 is 0 Å². The van der Waals surface area contributed by atoms with E-state index in [9.17, 15) is 0 Å². The van der Waals surface area contributed by atoms with E-state index in [1.807, 2.05) is 60.7 Å². The van der Waals surface area contributed by atoms with E-state index in [2.05, 4.69) is 120 Å². The second-order valence-corrected chi connectivity index (χ2v) is 12.6. The second kappa shape index (κ2) is 11.9. The summed E-state index contributed by atoms with van der Waals surface area (Å²) in [5.74, 6) is 1.88. The molecule has 0 saturated carbocycles. The number of aromatic nitrogens is 5. The SMILES string of the molecule is c1ccc(-c2nc(-c3ccccc3)nc(-c3cccc4c5c6c(-c7ccccc7)nc7ccccc7c6ccc5n(-c5ccccc5)c34)n2)cc1. The number of pyridine rings is 1. The molecule has 7 aromatic carbocycles. The molecule has 0 aliphatic heterocycles. The standard InChI is InChI=1S/C46H29N5/c1-5-16-30(17-6-1)42-41-35(34-24-13-14-27-38(34)47-42)28-29-39-40(41)36-25-15-26-37(43(36)51(39)33-22-11-4-12-23-33)46-49-44(31-18-7-2-8-19-31)48-45(50-46)32-20-9-3-10-21-32/h1-29H. The molecule has 0 aliphatic carbocycles. The van der Waals surface area contributed by atoms with Gasteiger partial charge in [0.25, 0.3) is 0 Å². The summed E-state index contributed by atoms with van der Waals surface area (Å²) in [6.07, 6.45) is 0. The van der Waals surface area contributed by atoms with E-state index in [1.54, 1.807) is 0 Å². The topological polar surface area (TPSA) is 56.5 Å². The molecule has 0 saturated heterocycles. The maximum absolute atomic E-state index is 5.34. The van der Waals surface area contributed by atoms with Crippen molar-refractivity contribution in [3.63, 3.8) is 0 Å². The molecule has 10 rings (SSSR count). The number of para-hydroxylation sites is 3. The van der Waals surface area contributed by atoms with Crippen molar-refractivity contribution in [3.8, 4) is 51.1 Å². The van der Waals surface area contributed by atoms with Crippen LogP contribution >= 0.6 is 0 Å². The summed E-state index contributed by atoms with van der Waals surface area (Å²) >= 11 is 0. The van der Waals surface area contributed by atoms with Gasteiger partial charge in [-0.1, -0.05) is 146 Å². The number of hydrogen-bond donors (Lipinski definition) is 0. The molecule has 3 heterocycles. The lowest BCUT2D eigenvalue weighted by Gasteiger charge is -2.13. The van der Waals surface area contributed by atoms with Crippen LogP contribution in [0.25, 0.3) is 94.6 Å². The van der Waals surface area contributed by atoms with E-state index in [0.717, 1.165) is 71.7 Å². The lowest BCUT2D eigenvalue weighted by Crippen LogP contribution is -2.02. The maximum atomic E-state index is 5.34. The molecule has 0 amide bonds. The number of rotatable bonds is 5. The summed E-state index contributed by atoms with van der Waals surface area (Å²) in [5, 5.41) is 5.67. The highest BCUT2D eigenvalue weighted by atomic mass is 15.0. The fourth-order valence-electron chi connectivity index (χ4n) is 7.36. The first-order chi connectivity index (χ1) is 25.3. The Labute approximate surface area is 294 Å². The Bertz CT molecular complexity index is 2830. The van der Waals surface area contributed by atoms with Gasteiger partial charge in [-0.25, -0.2) is 19.9 Å². The Morgan fingerprint density at radius 3 is 1.57 bits per heavy atom. The first kappa shape index (κ1) is 29.0. The number of hydrogen-bond acceptors (Lipinski definition) is 4. The Hall–Kier alpha value is -6.98. The van der Waals surface area contributed by atoms with Crippen molar-refractivity contribution in [1.29, 1.82) is 0 Å². The molecule has 51 heavy (non-hydrogen) atoms. The van der Waals surface area contributed by atoms with Crippen molar-refractivity contribution in [1.82, 2.24) is 24.5 Å². The number of fused-ring (bicyclic) bond motifs is 7. The lowest BCUT2D eigenvalue weighted by atomic mass is 9.95. The van der Waals surface area contributed by atoms with Gasteiger partial charge < -0.3 is 4.57 Å². The van der Waals surface area contributed by atoms with Crippen molar-refractivity contribution in [3.05, 3.63) is 176 Å². The number of benzene rings is 7. The third-order valence-electron chi connectivity index (χ3n) is 9.62. The van der Waals surface area contributed by atoms with E-state index < -0.39 is 0 Å². The fraction of sp³-hybridized carbons (Fsp3) is 0. The average molecular weight is 652 g/mol. The molecular formula is C46H29N5. The molecule has 0 radical (unpaired) electrons. The summed E-state index contributed by atoms with van der Waals surface area (Å²) < 4.78 is 2.36. The Morgan fingerprint density at radius 2 is 0.902 bits per heavy atom. The molecule has 0 atom stereocenters. The minimum absolute atomic E-state index is 0.615. The summed E-state index contributed by atoms with van der Waals surface area (Å²) in [4.78, 5) is 20.7. The maximum Gasteiger partial charge on any atom is 0.166 e. The molecule has 0 unspecified atom stereocenters. The summed E-state index contributed by atoms with van der Waals surface area (Å²) in [7, 11) is 0. The molecule has 0 spiro atoms. The minimum atomic E-state index is 0.615. The van der Waals surface area contributed by atoms with Crippen molar-refractivity contribution >= 4 is 43.5 Å².